The Bertz CT molecular complexity index is 65.1. The van der Waals surface area contributed by atoms with Gasteiger partial charge in [-0.3, -0.25) is 0 Å². The third-order valence-electron chi connectivity index (χ3n) is 0. The van der Waals surface area contributed by atoms with Crippen molar-refractivity contribution in [1.29, 1.82) is 21.0 Å². The van der Waals surface area contributed by atoms with E-state index in [9.17, 15) is 0 Å². The van der Waals surface area contributed by atoms with Crippen LogP contribution in [0.5, 0.6) is 0 Å². The summed E-state index contributed by atoms with van der Waals surface area (Å²) in [5.74, 6) is 0. The first-order chi connectivity index (χ1) is 4.00. The minimum Gasteiger partial charge on any atom is -0.512 e. The van der Waals surface area contributed by atoms with Crippen LogP contribution in [0.4, 0.5) is 0 Å². The van der Waals surface area contributed by atoms with E-state index in [0.29, 0.717) is 0 Å². The SMILES string of the molecule is O.[C-]#N.[C-]#N.[C-]#N.[C-]#N.[Fe+2].[Mn+2]. The molecule has 0 saturated carbocycles. The van der Waals surface area contributed by atoms with Gasteiger partial charge in [-0.2, -0.15) is 0 Å². The molecule has 0 fully saturated rings. The normalized spacial score (nSPS) is 0.727. The molecule has 59 valence electrons. The average Bonchev–Trinajstić information content (AvgIpc) is 2.03. The maximum atomic E-state index is 6.25. The van der Waals surface area contributed by atoms with E-state index >= 15 is 0 Å². The van der Waals surface area contributed by atoms with Crippen molar-refractivity contribution < 1.29 is 39.6 Å². The molecule has 0 bridgehead atoms. The van der Waals surface area contributed by atoms with Crippen molar-refractivity contribution in [2.24, 2.45) is 0 Å². The van der Waals surface area contributed by atoms with E-state index in [1.54, 1.807) is 0 Å². The van der Waals surface area contributed by atoms with Crippen LogP contribution >= 0.6 is 0 Å². The zero-order valence-corrected chi connectivity index (χ0v) is 7.30. The summed E-state index contributed by atoms with van der Waals surface area (Å²) < 4.78 is 0. The van der Waals surface area contributed by atoms with E-state index < -0.39 is 0 Å². The monoisotopic (exact) mass is 233 g/mol. The molecule has 1 radical (unpaired) electrons. The largest absolute Gasteiger partial charge is 2.00 e. The quantitative estimate of drug-likeness (QED) is 0.414. The van der Waals surface area contributed by atoms with E-state index in [1.165, 1.54) is 0 Å². The molecular weight excluding hydrogens is 231 g/mol. The van der Waals surface area contributed by atoms with Crippen LogP contribution in [0.1, 0.15) is 0 Å². The smallest absolute Gasteiger partial charge is 0.512 e. The fourth-order valence-electron chi connectivity index (χ4n) is 0. The van der Waals surface area contributed by atoms with E-state index in [-0.39, 0.29) is 39.6 Å². The van der Waals surface area contributed by atoms with E-state index in [2.05, 4.69) is 0 Å². The summed E-state index contributed by atoms with van der Waals surface area (Å²) in [6, 6.07) is 0. The van der Waals surface area contributed by atoms with Crippen LogP contribution in [0.2, 0.25) is 0 Å². The van der Waals surface area contributed by atoms with Crippen molar-refractivity contribution in [2.45, 2.75) is 0 Å². The van der Waals surface area contributed by atoms with Gasteiger partial charge >= 0.3 is 34.1 Å². The Morgan fingerprint density at radius 2 is 0.545 bits per heavy atom. The Morgan fingerprint density at radius 1 is 0.545 bits per heavy atom. The fraction of sp³-hybridized carbons (Fsp3) is 0. The third kappa shape index (κ3) is 400. The average molecular weight is 233 g/mol. The van der Waals surface area contributed by atoms with Crippen molar-refractivity contribution in [1.82, 2.24) is 0 Å². The molecule has 0 aromatic carbocycles. The predicted octanol–water partition coefficient (Wildman–Crippen LogP) is -0.444. The Morgan fingerprint density at radius 3 is 0.545 bits per heavy atom. The molecule has 0 saturated heterocycles. The predicted molar refractivity (Wildman–Crippen MR) is 23.5 cm³/mol. The Labute approximate surface area is 87.1 Å². The van der Waals surface area contributed by atoms with Crippen LogP contribution < -0.4 is 0 Å². The number of nitrogens with zero attached hydrogens (tertiary/aromatic N) is 4. The van der Waals surface area contributed by atoms with Gasteiger partial charge in [-0.25, -0.2) is 0 Å². The summed E-state index contributed by atoms with van der Waals surface area (Å²) in [7, 11) is 0. The molecule has 2 N–H and O–H groups in total. The molecule has 0 amide bonds. The molecule has 0 unspecified atom stereocenters. The molecule has 11 heavy (non-hydrogen) atoms. The van der Waals surface area contributed by atoms with Crippen molar-refractivity contribution in [3.05, 3.63) is 26.3 Å². The van der Waals surface area contributed by atoms with Crippen LogP contribution in [0, 0.1) is 47.3 Å². The van der Waals surface area contributed by atoms with Crippen molar-refractivity contribution in [2.75, 3.05) is 0 Å². The molecule has 0 aliphatic rings. The Kier molecular flexibility index (Phi) is 4350. The molecule has 0 heterocycles. The summed E-state index contributed by atoms with van der Waals surface area (Å²) in [5, 5.41) is 25.0. The summed E-state index contributed by atoms with van der Waals surface area (Å²) in [6.07, 6.45) is 0. The molecular formula is C4H2FeMnN4O. The van der Waals surface area contributed by atoms with Gasteiger partial charge in [-0.15, -0.1) is 0 Å². The minimum atomic E-state index is 0. The maximum Gasteiger partial charge on any atom is 2.00 e. The van der Waals surface area contributed by atoms with Crippen molar-refractivity contribution in [3.8, 4) is 0 Å². The first-order valence-corrected chi connectivity index (χ1v) is 0.894. The van der Waals surface area contributed by atoms with Crippen LogP contribution in [0.15, 0.2) is 0 Å². The van der Waals surface area contributed by atoms with Gasteiger partial charge in [0.05, 0.1) is 0 Å². The zero-order chi connectivity index (χ0) is 8.00. The second-order valence-electron chi connectivity index (χ2n) is 0. The first-order valence-electron chi connectivity index (χ1n) is 0.894. The Balaban J connectivity index is -0.00000000356. The molecule has 5 nitrogen and oxygen atoms in total. The van der Waals surface area contributed by atoms with Gasteiger partial charge in [-0.05, 0) is 0 Å². The molecule has 0 aromatic heterocycles. The van der Waals surface area contributed by atoms with Gasteiger partial charge < -0.3 is 52.8 Å². The van der Waals surface area contributed by atoms with Gasteiger partial charge in [0.1, 0.15) is 0 Å². The van der Waals surface area contributed by atoms with Crippen LogP contribution in [0.3, 0.4) is 0 Å². The van der Waals surface area contributed by atoms with Crippen LogP contribution in [0.25, 0.3) is 0 Å². The molecule has 0 aromatic rings. The van der Waals surface area contributed by atoms with Gasteiger partial charge in [0.25, 0.3) is 0 Å². The molecule has 0 rings (SSSR count). The van der Waals surface area contributed by atoms with Gasteiger partial charge in [0.15, 0.2) is 0 Å². The third-order valence-corrected chi connectivity index (χ3v) is 0. The molecule has 0 aliphatic heterocycles. The summed E-state index contributed by atoms with van der Waals surface area (Å²) >= 11 is 0. The number of hydrogen-bond donors (Lipinski definition) is 0. The first kappa shape index (κ1) is 91.3. The van der Waals surface area contributed by atoms with E-state index in [4.69, 9.17) is 47.3 Å². The molecule has 7 heteroatoms. The topological polar surface area (TPSA) is 127 Å². The van der Waals surface area contributed by atoms with Gasteiger partial charge in [-0.1, -0.05) is 0 Å². The second-order valence-corrected chi connectivity index (χ2v) is 0. The molecule has 0 spiro atoms. The van der Waals surface area contributed by atoms with Crippen LogP contribution in [-0.2, 0) is 34.1 Å². The molecule has 0 atom stereocenters. The molecule has 0 aliphatic carbocycles. The summed E-state index contributed by atoms with van der Waals surface area (Å²) in [6.45, 7) is 19.0. The standard InChI is InChI=1S/4CN.Fe.Mn.H2O/c4*1-2;;;/h;;;;;;1H2/q4*-1;2*+2;. The summed E-state index contributed by atoms with van der Waals surface area (Å²) in [4.78, 5) is 0. The maximum absolute atomic E-state index is 6.25. The minimum absolute atomic E-state index is 0. The fourth-order valence-corrected chi connectivity index (χ4v) is 0. The van der Waals surface area contributed by atoms with E-state index in [1.807, 2.05) is 0 Å². The van der Waals surface area contributed by atoms with Crippen molar-refractivity contribution in [3.63, 3.8) is 0 Å². The summed E-state index contributed by atoms with van der Waals surface area (Å²) in [5.41, 5.74) is 0. The van der Waals surface area contributed by atoms with E-state index in [0.717, 1.165) is 0 Å². The van der Waals surface area contributed by atoms with Crippen LogP contribution in [-0.4, -0.2) is 5.48 Å². The van der Waals surface area contributed by atoms with Crippen molar-refractivity contribution >= 4 is 0 Å². The zero-order valence-electron chi connectivity index (χ0n) is 5.02. The van der Waals surface area contributed by atoms with Gasteiger partial charge in [0, 0.05) is 0 Å². The number of hydrogen-bond acceptors (Lipinski definition) is 4. The Hall–Kier alpha value is -1.04. The second kappa shape index (κ2) is 524. The van der Waals surface area contributed by atoms with Gasteiger partial charge in [0.2, 0.25) is 0 Å². The number of rotatable bonds is 0.